The van der Waals surface area contributed by atoms with Crippen LogP contribution >= 0.6 is 27.5 Å². The zero-order chi connectivity index (χ0) is 65.9. The summed E-state index contributed by atoms with van der Waals surface area (Å²) in [5.41, 5.74) is 5.65. The molecular formula is C65H83BrClN15O8. The van der Waals surface area contributed by atoms with Crippen molar-refractivity contribution in [2.75, 3.05) is 23.7 Å². The summed E-state index contributed by atoms with van der Waals surface area (Å²) in [5.74, 6) is 0.600. The smallest absolute Gasteiger partial charge is 0.410 e. The number of aryl methyl sites for hydroxylation is 3. The third-order valence-corrected chi connectivity index (χ3v) is 14.6. The SMILES string of the molecule is CC.CC(C)(C)OC(=O)C1CCc2cc(Br)ccc2C(CC(=O)c2noc(C(C)(C)C)n2)C1.Cn1cc(Nc2nccc(-c3ccc4c(c3)CCN(C(=O)OC(C)(C)C)CC4CC(=O)c3noc(C(C)(C)C)n3)n2)cn1.Cn1cc(Nc2nccc(Cl)n2)cn1. The Bertz CT molecular complexity index is 3760. The highest BCUT2D eigenvalue weighted by molar-refractivity contribution is 9.10. The monoisotopic (exact) mass is 1320 g/mol. The van der Waals surface area contributed by atoms with Crippen molar-refractivity contribution in [2.24, 2.45) is 20.0 Å². The maximum absolute atomic E-state index is 13.4. The quantitative estimate of drug-likeness (QED) is 0.0497. The van der Waals surface area contributed by atoms with Crippen molar-refractivity contribution in [1.82, 2.24) is 64.7 Å². The maximum Gasteiger partial charge on any atom is 0.410 e. The molecule has 10 rings (SSSR count). The van der Waals surface area contributed by atoms with E-state index >= 15 is 0 Å². The van der Waals surface area contributed by atoms with Crippen LogP contribution in [-0.2, 0) is 52.0 Å². The fraction of sp³-hybridized carbons (Fsp3) is 0.477. The van der Waals surface area contributed by atoms with Crippen molar-refractivity contribution >= 4 is 74.4 Å². The van der Waals surface area contributed by atoms with Gasteiger partial charge in [0.05, 0.1) is 35.4 Å². The summed E-state index contributed by atoms with van der Waals surface area (Å²) < 4.78 is 26.4. The molecule has 2 aliphatic rings. The van der Waals surface area contributed by atoms with E-state index in [9.17, 15) is 19.2 Å². The maximum atomic E-state index is 13.4. The van der Waals surface area contributed by atoms with Gasteiger partial charge in [-0.3, -0.25) is 23.7 Å². The Morgan fingerprint density at radius 2 is 1.18 bits per heavy atom. The largest absolute Gasteiger partial charge is 0.460 e. The van der Waals surface area contributed by atoms with E-state index in [0.717, 1.165) is 55.8 Å². The van der Waals surface area contributed by atoms with Gasteiger partial charge in [0, 0.05) is 91.6 Å². The molecule has 1 aliphatic carbocycles. The first-order valence-corrected chi connectivity index (χ1v) is 31.2. The number of esters is 1. The molecular weight excluding hydrogens is 1230 g/mol. The molecule has 0 radical (unpaired) electrons. The highest BCUT2D eigenvalue weighted by Crippen LogP contribution is 2.39. The molecule has 90 heavy (non-hydrogen) atoms. The van der Waals surface area contributed by atoms with Crippen molar-refractivity contribution in [2.45, 2.75) is 169 Å². The molecule has 6 aromatic heterocycles. The van der Waals surface area contributed by atoms with Crippen LogP contribution in [0.3, 0.4) is 0 Å². The second kappa shape index (κ2) is 29.6. The fourth-order valence-electron chi connectivity index (χ4n) is 9.78. The molecule has 0 fully saturated rings. The van der Waals surface area contributed by atoms with Crippen LogP contribution in [0.4, 0.5) is 28.1 Å². The van der Waals surface area contributed by atoms with Crippen molar-refractivity contribution in [3.63, 3.8) is 0 Å². The molecule has 7 heterocycles. The van der Waals surface area contributed by atoms with Gasteiger partial charge in [-0.05, 0) is 126 Å². The number of nitrogens with zero attached hydrogens (tertiary/aromatic N) is 13. The fourth-order valence-corrected chi connectivity index (χ4v) is 10.3. The summed E-state index contributed by atoms with van der Waals surface area (Å²) in [5, 5.41) is 22.6. The second-order valence-corrected chi connectivity index (χ2v) is 27.3. The van der Waals surface area contributed by atoms with Crippen LogP contribution in [-0.4, -0.2) is 113 Å². The first kappa shape index (κ1) is 69.2. The molecule has 23 nitrogen and oxygen atoms in total. The molecule has 2 aromatic carbocycles. The molecule has 0 spiro atoms. The Morgan fingerprint density at radius 1 is 0.656 bits per heavy atom. The highest BCUT2D eigenvalue weighted by Gasteiger charge is 2.36. The zero-order valence-corrected chi connectivity index (χ0v) is 56.6. The second-order valence-electron chi connectivity index (χ2n) is 26.0. The van der Waals surface area contributed by atoms with E-state index in [2.05, 4.69) is 84.1 Å². The number of benzene rings is 2. The van der Waals surface area contributed by atoms with E-state index in [1.54, 1.807) is 45.1 Å². The van der Waals surface area contributed by atoms with Gasteiger partial charge in [0.1, 0.15) is 16.4 Å². The number of anilines is 4. The molecule has 480 valence electrons. The Morgan fingerprint density at radius 3 is 1.70 bits per heavy atom. The average Bonchev–Trinajstić information content (AvgIpc) is 1.85. The van der Waals surface area contributed by atoms with Gasteiger partial charge >= 0.3 is 12.1 Å². The van der Waals surface area contributed by atoms with Crippen LogP contribution in [0, 0.1) is 5.92 Å². The van der Waals surface area contributed by atoms with Gasteiger partial charge in [0.15, 0.2) is 0 Å². The van der Waals surface area contributed by atoms with Crippen molar-refractivity contribution in [3.05, 3.63) is 141 Å². The number of ether oxygens (including phenoxy) is 2. The Balaban J connectivity index is 0.000000212. The minimum Gasteiger partial charge on any atom is -0.460 e. The molecule has 3 unspecified atom stereocenters. The van der Waals surface area contributed by atoms with E-state index in [1.165, 1.54) is 0 Å². The average molecular weight is 1320 g/mol. The summed E-state index contributed by atoms with van der Waals surface area (Å²) in [4.78, 5) is 79.8. The number of rotatable bonds is 12. The highest BCUT2D eigenvalue weighted by atomic mass is 79.9. The summed E-state index contributed by atoms with van der Waals surface area (Å²) in [6, 6.07) is 15.7. The number of hydrogen-bond donors (Lipinski definition) is 2. The Kier molecular flexibility index (Phi) is 22.8. The molecule has 8 aromatic rings. The minimum atomic E-state index is -0.642. The van der Waals surface area contributed by atoms with Crippen molar-refractivity contribution in [3.8, 4) is 11.3 Å². The summed E-state index contributed by atoms with van der Waals surface area (Å²) in [7, 11) is 3.68. The van der Waals surface area contributed by atoms with Crippen LogP contribution in [0.15, 0.2) is 99.2 Å². The van der Waals surface area contributed by atoms with E-state index in [-0.39, 0.29) is 70.6 Å². The van der Waals surface area contributed by atoms with Gasteiger partial charge in [-0.25, -0.2) is 24.7 Å². The lowest BCUT2D eigenvalue weighted by Gasteiger charge is -2.28. The number of fused-ring (bicyclic) bond motifs is 2. The van der Waals surface area contributed by atoms with E-state index in [0.29, 0.717) is 61.2 Å². The topological polar surface area (TPSA) is 279 Å². The van der Waals surface area contributed by atoms with Gasteiger partial charge in [-0.2, -0.15) is 20.2 Å². The summed E-state index contributed by atoms with van der Waals surface area (Å²) in [6.45, 7) is 27.6. The van der Waals surface area contributed by atoms with E-state index in [4.69, 9.17) is 35.1 Å². The molecule has 2 N–H and O–H groups in total. The molecule has 1 aliphatic heterocycles. The predicted octanol–water partition coefficient (Wildman–Crippen LogP) is 13.9. The van der Waals surface area contributed by atoms with Gasteiger partial charge in [-0.15, -0.1) is 0 Å². The first-order chi connectivity index (χ1) is 42.3. The summed E-state index contributed by atoms with van der Waals surface area (Å²) in [6.07, 6.45) is 12.9. The third-order valence-electron chi connectivity index (χ3n) is 13.9. The number of carbonyl (C=O) groups excluding carboxylic acids is 4. The van der Waals surface area contributed by atoms with Crippen LogP contribution in [0.2, 0.25) is 5.15 Å². The first-order valence-electron chi connectivity index (χ1n) is 30.0. The standard InChI is InChI=1S/C31H38N8O4.C24H31BrN2O4.C8H8ClN5.C2H6/c1-30(2,3)27-36-26(37-43-27)25(40)15-21-17-39(29(41)42-31(4,5)6)13-11-19-14-20(8-9-23(19)21)24-10-12-32-28(35-24)34-22-16-33-38(7)18-22;1-23(2,3)22-26-20(27-31-22)19(28)13-16-11-15(21(29)30-24(4,5)6)8-7-14-12-17(25)9-10-18(14)16;1-14-5-6(4-11-14)12-8-10-3-2-7(9)13-8;1-2/h8-10,12,14,16,18,21H,11,13,15,17H2,1-7H3,(H,32,34,35);9-10,12,15-16H,7-8,11,13H2,1-6H3;2-5H,1H3,(H,10,12,13);1-2H3. The number of amides is 1. The number of aromatic nitrogens is 12. The lowest BCUT2D eigenvalue weighted by atomic mass is 9.85. The Hall–Kier alpha value is -8.25. The number of hydrogen-bond acceptors (Lipinski definition) is 20. The number of Topliss-reactive ketones (excluding diaryl/α,β-unsaturated/α-hetero) is 2. The lowest BCUT2D eigenvalue weighted by Crippen LogP contribution is -2.39. The number of ketones is 2. The molecule has 0 bridgehead atoms. The van der Waals surface area contributed by atoms with Gasteiger partial charge in [0.25, 0.3) is 0 Å². The third kappa shape index (κ3) is 19.9. The summed E-state index contributed by atoms with van der Waals surface area (Å²) >= 11 is 9.24. The van der Waals surface area contributed by atoms with Crippen LogP contribution in [0.25, 0.3) is 11.3 Å². The van der Waals surface area contributed by atoms with E-state index in [1.807, 2.05) is 154 Å². The molecule has 25 heteroatoms. The normalized spacial score (nSPS) is 15.8. The molecule has 3 atom stereocenters. The van der Waals surface area contributed by atoms with Crippen LogP contribution < -0.4 is 10.6 Å². The van der Waals surface area contributed by atoms with Gasteiger partial charge < -0.3 is 34.1 Å². The van der Waals surface area contributed by atoms with Gasteiger partial charge in [-0.1, -0.05) is 111 Å². The molecule has 0 saturated carbocycles. The van der Waals surface area contributed by atoms with Crippen LogP contribution in [0.1, 0.15) is 190 Å². The van der Waals surface area contributed by atoms with Crippen molar-refractivity contribution in [1.29, 1.82) is 0 Å². The Labute approximate surface area is 539 Å². The minimum absolute atomic E-state index is 0.0470. The number of carbonyl (C=O) groups is 4. The van der Waals surface area contributed by atoms with Crippen LogP contribution in [0.5, 0.6) is 0 Å². The number of nitrogens with one attached hydrogen (secondary N) is 2. The predicted molar refractivity (Wildman–Crippen MR) is 346 cm³/mol. The molecule has 0 saturated heterocycles. The number of halogens is 2. The van der Waals surface area contributed by atoms with Gasteiger partial charge in [0.2, 0.25) is 46.9 Å². The van der Waals surface area contributed by atoms with Crippen molar-refractivity contribution < 1.29 is 37.7 Å². The molecule has 1 amide bonds. The lowest BCUT2D eigenvalue weighted by molar-refractivity contribution is -0.160. The zero-order valence-electron chi connectivity index (χ0n) is 54.3. The van der Waals surface area contributed by atoms with E-state index < -0.39 is 17.3 Å².